The Morgan fingerprint density at radius 2 is 1.89 bits per heavy atom. The number of nitrogens with one attached hydrogen (secondary N) is 1. The molecule has 0 saturated carbocycles. The minimum atomic E-state index is -0.236. The lowest BCUT2D eigenvalue weighted by Gasteiger charge is -2.32. The van der Waals surface area contributed by atoms with Gasteiger partial charge in [-0.2, -0.15) is 0 Å². The molecule has 148 valence electrons. The molecule has 1 aliphatic rings. The monoisotopic (exact) mass is 382 g/mol. The molecule has 2 aromatic carbocycles. The van der Waals surface area contributed by atoms with Crippen LogP contribution in [-0.4, -0.2) is 44.0 Å². The van der Waals surface area contributed by atoms with Crippen molar-refractivity contribution in [1.82, 2.24) is 4.90 Å². The number of likely N-dealkylation sites (tertiary alicyclic amines) is 1. The van der Waals surface area contributed by atoms with Crippen LogP contribution in [0, 0.1) is 5.92 Å². The highest BCUT2D eigenvalue weighted by atomic mass is 16.5. The van der Waals surface area contributed by atoms with E-state index >= 15 is 0 Å². The number of piperidine rings is 1. The molecule has 0 aromatic heterocycles. The summed E-state index contributed by atoms with van der Waals surface area (Å²) in [6.45, 7) is 1.14. The minimum Gasteiger partial charge on any atom is -0.497 e. The lowest BCUT2D eigenvalue weighted by molar-refractivity contribution is -0.133. The summed E-state index contributed by atoms with van der Waals surface area (Å²) in [6.07, 6.45) is 1.94. The van der Waals surface area contributed by atoms with Gasteiger partial charge in [-0.05, 0) is 30.5 Å². The van der Waals surface area contributed by atoms with E-state index in [9.17, 15) is 9.59 Å². The van der Waals surface area contributed by atoms with Gasteiger partial charge in [-0.1, -0.05) is 30.3 Å². The predicted octanol–water partition coefficient (Wildman–Crippen LogP) is 3.12. The second kappa shape index (κ2) is 9.26. The van der Waals surface area contributed by atoms with E-state index in [4.69, 9.17) is 9.47 Å². The number of methoxy groups -OCH3 is 2. The van der Waals surface area contributed by atoms with Crippen molar-refractivity contribution in [3.8, 4) is 11.5 Å². The molecule has 1 unspecified atom stereocenters. The molecule has 6 nitrogen and oxygen atoms in total. The van der Waals surface area contributed by atoms with Gasteiger partial charge in [-0.3, -0.25) is 9.59 Å². The normalized spacial score (nSPS) is 16.4. The molecule has 1 aliphatic heterocycles. The second-order valence-corrected chi connectivity index (χ2v) is 6.90. The van der Waals surface area contributed by atoms with Crippen molar-refractivity contribution in [2.75, 3.05) is 32.6 Å². The van der Waals surface area contributed by atoms with E-state index in [0.29, 0.717) is 36.7 Å². The highest BCUT2D eigenvalue weighted by molar-refractivity contribution is 5.94. The zero-order valence-electron chi connectivity index (χ0n) is 16.3. The first kappa shape index (κ1) is 19.7. The van der Waals surface area contributed by atoms with Gasteiger partial charge in [0, 0.05) is 19.2 Å². The predicted molar refractivity (Wildman–Crippen MR) is 108 cm³/mol. The van der Waals surface area contributed by atoms with Crippen LogP contribution < -0.4 is 14.8 Å². The largest absolute Gasteiger partial charge is 0.497 e. The Hall–Kier alpha value is -3.02. The van der Waals surface area contributed by atoms with Crippen molar-refractivity contribution in [3.63, 3.8) is 0 Å². The summed E-state index contributed by atoms with van der Waals surface area (Å²) in [7, 11) is 3.13. The van der Waals surface area contributed by atoms with Crippen LogP contribution in [0.25, 0.3) is 0 Å². The number of hydrogen-bond acceptors (Lipinski definition) is 4. The van der Waals surface area contributed by atoms with E-state index in [-0.39, 0.29) is 17.7 Å². The summed E-state index contributed by atoms with van der Waals surface area (Å²) in [5.74, 6) is 0.928. The summed E-state index contributed by atoms with van der Waals surface area (Å²) in [6, 6.07) is 14.9. The Labute approximate surface area is 165 Å². The topological polar surface area (TPSA) is 67.9 Å². The third-order valence-electron chi connectivity index (χ3n) is 5.01. The molecule has 6 heteroatoms. The number of benzene rings is 2. The van der Waals surface area contributed by atoms with Gasteiger partial charge in [0.1, 0.15) is 11.5 Å². The SMILES string of the molecule is COc1ccc(NC(=O)C2CCCN(C(=O)Cc3ccccc3)C2)c(OC)c1. The first-order chi connectivity index (χ1) is 13.6. The van der Waals surface area contributed by atoms with Gasteiger partial charge in [0.25, 0.3) is 0 Å². The fourth-order valence-electron chi connectivity index (χ4n) is 3.44. The molecule has 1 heterocycles. The molecule has 0 bridgehead atoms. The number of carbonyl (C=O) groups excluding carboxylic acids is 2. The van der Waals surface area contributed by atoms with Crippen molar-refractivity contribution < 1.29 is 19.1 Å². The second-order valence-electron chi connectivity index (χ2n) is 6.90. The molecule has 0 aliphatic carbocycles. The van der Waals surface area contributed by atoms with Crippen LogP contribution in [0.5, 0.6) is 11.5 Å². The Morgan fingerprint density at radius 3 is 2.61 bits per heavy atom. The van der Waals surface area contributed by atoms with Crippen LogP contribution in [0.15, 0.2) is 48.5 Å². The number of amides is 2. The average Bonchev–Trinajstić information content (AvgIpc) is 2.74. The number of nitrogens with zero attached hydrogens (tertiary/aromatic N) is 1. The third-order valence-corrected chi connectivity index (χ3v) is 5.01. The highest BCUT2D eigenvalue weighted by Gasteiger charge is 2.28. The first-order valence-electron chi connectivity index (χ1n) is 9.45. The number of rotatable bonds is 6. The average molecular weight is 382 g/mol. The van der Waals surface area contributed by atoms with E-state index in [1.807, 2.05) is 30.3 Å². The Balaban J connectivity index is 1.62. The zero-order chi connectivity index (χ0) is 19.9. The van der Waals surface area contributed by atoms with Gasteiger partial charge in [-0.25, -0.2) is 0 Å². The summed E-state index contributed by atoms with van der Waals surface area (Å²) < 4.78 is 10.5. The van der Waals surface area contributed by atoms with E-state index in [2.05, 4.69) is 5.32 Å². The Kier molecular flexibility index (Phi) is 6.53. The van der Waals surface area contributed by atoms with Crippen LogP contribution in [0.1, 0.15) is 18.4 Å². The summed E-state index contributed by atoms with van der Waals surface area (Å²) in [5, 5.41) is 2.93. The maximum atomic E-state index is 12.8. The lowest BCUT2D eigenvalue weighted by Crippen LogP contribution is -2.44. The third kappa shape index (κ3) is 4.82. The van der Waals surface area contributed by atoms with E-state index < -0.39 is 0 Å². The Bertz CT molecular complexity index is 823. The standard InChI is InChI=1S/C22H26N2O4/c1-27-18-10-11-19(20(14-18)28-2)23-22(26)17-9-6-12-24(15-17)21(25)13-16-7-4-3-5-8-16/h3-5,7-8,10-11,14,17H,6,9,12-13,15H2,1-2H3,(H,23,26). The quantitative estimate of drug-likeness (QED) is 0.834. The summed E-state index contributed by atoms with van der Waals surface area (Å²) in [4.78, 5) is 27.2. The van der Waals surface area contributed by atoms with E-state index in [0.717, 1.165) is 18.4 Å². The fraction of sp³-hybridized carbons (Fsp3) is 0.364. The van der Waals surface area contributed by atoms with Crippen molar-refractivity contribution in [2.45, 2.75) is 19.3 Å². The molecule has 3 rings (SSSR count). The summed E-state index contributed by atoms with van der Waals surface area (Å²) in [5.41, 5.74) is 1.59. The number of anilines is 1. The van der Waals surface area contributed by atoms with Gasteiger partial charge in [0.05, 0.1) is 32.2 Å². The minimum absolute atomic E-state index is 0.0609. The molecular weight excluding hydrogens is 356 g/mol. The fourth-order valence-corrected chi connectivity index (χ4v) is 3.44. The van der Waals surface area contributed by atoms with Crippen molar-refractivity contribution >= 4 is 17.5 Å². The first-order valence-corrected chi connectivity index (χ1v) is 9.45. The number of ether oxygens (including phenoxy) is 2. The van der Waals surface area contributed by atoms with Crippen LogP contribution >= 0.6 is 0 Å². The van der Waals surface area contributed by atoms with Gasteiger partial charge < -0.3 is 19.7 Å². The van der Waals surface area contributed by atoms with Crippen molar-refractivity contribution in [1.29, 1.82) is 0 Å². The molecule has 2 amide bonds. The van der Waals surface area contributed by atoms with Crippen molar-refractivity contribution in [2.24, 2.45) is 5.92 Å². The maximum absolute atomic E-state index is 12.8. The molecule has 1 atom stereocenters. The zero-order valence-corrected chi connectivity index (χ0v) is 16.3. The molecule has 0 spiro atoms. The molecule has 0 radical (unpaired) electrons. The van der Waals surface area contributed by atoms with E-state index in [1.165, 1.54) is 0 Å². The van der Waals surface area contributed by atoms with Crippen LogP contribution in [-0.2, 0) is 16.0 Å². The lowest BCUT2D eigenvalue weighted by atomic mass is 9.96. The molecule has 1 fully saturated rings. The molecule has 1 N–H and O–H groups in total. The van der Waals surface area contributed by atoms with Crippen LogP contribution in [0.2, 0.25) is 0 Å². The van der Waals surface area contributed by atoms with Gasteiger partial charge >= 0.3 is 0 Å². The Morgan fingerprint density at radius 1 is 1.11 bits per heavy atom. The van der Waals surface area contributed by atoms with Crippen molar-refractivity contribution in [3.05, 3.63) is 54.1 Å². The number of carbonyl (C=O) groups is 2. The highest BCUT2D eigenvalue weighted by Crippen LogP contribution is 2.30. The molecule has 28 heavy (non-hydrogen) atoms. The van der Waals surface area contributed by atoms with Gasteiger partial charge in [0.2, 0.25) is 11.8 Å². The summed E-state index contributed by atoms with van der Waals surface area (Å²) >= 11 is 0. The molecule has 1 saturated heterocycles. The van der Waals surface area contributed by atoms with Gasteiger partial charge in [-0.15, -0.1) is 0 Å². The molecule has 2 aromatic rings. The van der Waals surface area contributed by atoms with Crippen LogP contribution in [0.3, 0.4) is 0 Å². The number of hydrogen-bond donors (Lipinski definition) is 1. The van der Waals surface area contributed by atoms with Crippen LogP contribution in [0.4, 0.5) is 5.69 Å². The molecular formula is C22H26N2O4. The maximum Gasteiger partial charge on any atom is 0.229 e. The smallest absolute Gasteiger partial charge is 0.229 e. The van der Waals surface area contributed by atoms with E-state index in [1.54, 1.807) is 37.3 Å². The van der Waals surface area contributed by atoms with Gasteiger partial charge in [0.15, 0.2) is 0 Å².